The minimum Gasteiger partial charge on any atom is -0.330 e. The Kier molecular flexibility index (Phi) is 7.42. The molecule has 1 aliphatic rings. The van der Waals surface area contributed by atoms with Gasteiger partial charge in [0.25, 0.3) is 0 Å². The topological polar surface area (TPSA) is 75.4 Å². The Hall–Kier alpha value is -1.01. The average molecular weight is 367 g/mol. The van der Waals surface area contributed by atoms with Crippen molar-refractivity contribution in [1.29, 1.82) is 0 Å². The van der Waals surface area contributed by atoms with Crippen molar-refractivity contribution in [3.63, 3.8) is 0 Å². The van der Waals surface area contributed by atoms with Gasteiger partial charge in [-0.05, 0) is 37.5 Å². The van der Waals surface area contributed by atoms with Gasteiger partial charge in [-0.3, -0.25) is 9.59 Å². The van der Waals surface area contributed by atoms with E-state index in [0.29, 0.717) is 28.7 Å². The number of nitrogens with zero attached hydrogens (tertiary/aromatic N) is 1. The van der Waals surface area contributed by atoms with Gasteiger partial charge in [0.2, 0.25) is 11.8 Å². The van der Waals surface area contributed by atoms with Crippen LogP contribution >= 0.6 is 35.6 Å². The molecule has 22 heavy (non-hydrogen) atoms. The maximum atomic E-state index is 12.4. The number of likely N-dealkylation sites (tertiary alicyclic amines) is 1. The lowest BCUT2D eigenvalue weighted by Crippen LogP contribution is -2.51. The fourth-order valence-electron chi connectivity index (χ4n) is 2.43. The summed E-state index contributed by atoms with van der Waals surface area (Å²) in [5.41, 5.74) is 5.88. The van der Waals surface area contributed by atoms with Crippen LogP contribution in [0.4, 0.5) is 5.69 Å². The lowest BCUT2D eigenvalue weighted by molar-refractivity contribution is -0.139. The van der Waals surface area contributed by atoms with Crippen LogP contribution in [0.2, 0.25) is 10.0 Å². The van der Waals surface area contributed by atoms with E-state index in [-0.39, 0.29) is 30.8 Å². The van der Waals surface area contributed by atoms with E-state index in [4.69, 9.17) is 28.9 Å². The number of anilines is 1. The molecule has 1 aromatic carbocycles. The predicted octanol–water partition coefficient (Wildman–Crippen LogP) is 2.69. The molecule has 1 aliphatic heterocycles. The molecule has 5 nitrogen and oxygen atoms in total. The molecule has 1 aromatic rings. The van der Waals surface area contributed by atoms with E-state index in [0.717, 1.165) is 12.8 Å². The van der Waals surface area contributed by atoms with Gasteiger partial charge in [-0.1, -0.05) is 23.2 Å². The SMILES string of the molecule is Cl.NCC(=O)N1CCCCC1C(=O)Nc1ccc(Cl)cc1Cl. The number of rotatable bonds is 3. The van der Waals surface area contributed by atoms with E-state index in [2.05, 4.69) is 5.32 Å². The molecule has 0 radical (unpaired) electrons. The van der Waals surface area contributed by atoms with Crippen LogP contribution in [0.1, 0.15) is 19.3 Å². The Morgan fingerprint density at radius 2 is 2.05 bits per heavy atom. The van der Waals surface area contributed by atoms with Crippen molar-refractivity contribution < 1.29 is 9.59 Å². The Labute approximate surface area is 145 Å². The van der Waals surface area contributed by atoms with Crippen LogP contribution in [0.15, 0.2) is 18.2 Å². The van der Waals surface area contributed by atoms with Crippen LogP contribution < -0.4 is 11.1 Å². The summed E-state index contributed by atoms with van der Waals surface area (Å²) in [6.07, 6.45) is 2.42. The number of piperidine rings is 1. The first kappa shape index (κ1) is 19.0. The highest BCUT2D eigenvalue weighted by Gasteiger charge is 2.31. The third-order valence-corrected chi connectivity index (χ3v) is 4.04. The minimum absolute atomic E-state index is 0. The number of halogens is 3. The number of hydrogen-bond donors (Lipinski definition) is 2. The van der Waals surface area contributed by atoms with Crippen LogP contribution in [0.5, 0.6) is 0 Å². The summed E-state index contributed by atoms with van der Waals surface area (Å²) < 4.78 is 0. The number of hydrogen-bond acceptors (Lipinski definition) is 3. The Morgan fingerprint density at radius 3 is 2.68 bits per heavy atom. The third-order valence-electron chi connectivity index (χ3n) is 3.49. The lowest BCUT2D eigenvalue weighted by atomic mass is 10.0. The first-order chi connectivity index (χ1) is 10.0. The largest absolute Gasteiger partial charge is 0.330 e. The van der Waals surface area contributed by atoms with E-state index < -0.39 is 6.04 Å². The maximum absolute atomic E-state index is 12.4. The van der Waals surface area contributed by atoms with Gasteiger partial charge in [0.15, 0.2) is 0 Å². The molecule has 8 heteroatoms. The molecule has 2 amide bonds. The smallest absolute Gasteiger partial charge is 0.247 e. The van der Waals surface area contributed by atoms with Gasteiger partial charge in [-0.2, -0.15) is 0 Å². The molecule has 0 aromatic heterocycles. The fourth-order valence-corrected chi connectivity index (χ4v) is 2.88. The summed E-state index contributed by atoms with van der Waals surface area (Å²) in [5, 5.41) is 3.61. The second kappa shape index (κ2) is 8.58. The van der Waals surface area contributed by atoms with Crippen LogP contribution in [0.25, 0.3) is 0 Å². The molecule has 1 unspecified atom stereocenters. The number of benzene rings is 1. The first-order valence-electron chi connectivity index (χ1n) is 6.78. The van der Waals surface area contributed by atoms with Crippen LogP contribution in [0, 0.1) is 0 Å². The van der Waals surface area contributed by atoms with Gasteiger partial charge in [-0.15, -0.1) is 12.4 Å². The summed E-state index contributed by atoms with van der Waals surface area (Å²) in [6, 6.07) is 4.34. The average Bonchev–Trinajstić information content (AvgIpc) is 2.49. The number of carbonyl (C=O) groups is 2. The summed E-state index contributed by atoms with van der Waals surface area (Å²) in [7, 11) is 0. The molecule has 1 atom stereocenters. The Balaban J connectivity index is 0.00000242. The molecular formula is C14H18Cl3N3O2. The molecule has 2 rings (SSSR count). The summed E-state index contributed by atoms with van der Waals surface area (Å²) in [6.45, 7) is 0.466. The highest BCUT2D eigenvalue weighted by Crippen LogP contribution is 2.26. The number of nitrogens with one attached hydrogen (secondary N) is 1. The minimum atomic E-state index is -0.499. The molecule has 1 heterocycles. The van der Waals surface area contributed by atoms with E-state index in [1.54, 1.807) is 23.1 Å². The highest BCUT2D eigenvalue weighted by molar-refractivity contribution is 6.36. The third kappa shape index (κ3) is 4.49. The number of nitrogens with two attached hydrogens (primary N) is 1. The Morgan fingerprint density at radius 1 is 1.32 bits per heavy atom. The molecule has 0 saturated carbocycles. The molecule has 3 N–H and O–H groups in total. The van der Waals surface area contributed by atoms with Crippen LogP contribution in [-0.2, 0) is 9.59 Å². The van der Waals surface area contributed by atoms with Crippen molar-refractivity contribution >= 4 is 53.1 Å². The van der Waals surface area contributed by atoms with Gasteiger partial charge < -0.3 is 16.0 Å². The molecule has 0 bridgehead atoms. The number of amides is 2. The monoisotopic (exact) mass is 365 g/mol. The van der Waals surface area contributed by atoms with Crippen molar-refractivity contribution in [3.8, 4) is 0 Å². The highest BCUT2D eigenvalue weighted by atomic mass is 35.5. The van der Waals surface area contributed by atoms with Crippen molar-refractivity contribution in [3.05, 3.63) is 28.2 Å². The normalized spacial score (nSPS) is 17.6. The molecule has 122 valence electrons. The van der Waals surface area contributed by atoms with Gasteiger partial charge >= 0.3 is 0 Å². The van der Waals surface area contributed by atoms with E-state index in [1.807, 2.05) is 0 Å². The van der Waals surface area contributed by atoms with Gasteiger partial charge in [0, 0.05) is 11.6 Å². The molecular weight excluding hydrogens is 349 g/mol. The molecule has 1 saturated heterocycles. The van der Waals surface area contributed by atoms with Crippen molar-refractivity contribution in [2.45, 2.75) is 25.3 Å². The Bertz CT molecular complexity index is 554. The second-order valence-electron chi connectivity index (χ2n) is 4.92. The first-order valence-corrected chi connectivity index (χ1v) is 7.54. The summed E-state index contributed by atoms with van der Waals surface area (Å²) in [4.78, 5) is 25.8. The quantitative estimate of drug-likeness (QED) is 0.863. The zero-order valence-corrected chi connectivity index (χ0v) is 14.2. The zero-order chi connectivity index (χ0) is 15.4. The van der Waals surface area contributed by atoms with Crippen LogP contribution in [0.3, 0.4) is 0 Å². The van der Waals surface area contributed by atoms with Crippen molar-refractivity contribution in [2.24, 2.45) is 5.73 Å². The lowest BCUT2D eigenvalue weighted by Gasteiger charge is -2.34. The maximum Gasteiger partial charge on any atom is 0.247 e. The fraction of sp³-hybridized carbons (Fsp3) is 0.429. The van der Waals surface area contributed by atoms with Gasteiger partial charge in [0.1, 0.15) is 6.04 Å². The standard InChI is InChI=1S/C14H17Cl2N3O2.ClH/c15-9-4-5-11(10(16)7-9)18-14(21)12-3-1-2-6-19(12)13(20)8-17;/h4-5,7,12H,1-3,6,8,17H2,(H,18,21);1H. The van der Waals surface area contributed by atoms with Crippen LogP contribution in [-0.4, -0.2) is 35.8 Å². The molecule has 0 spiro atoms. The second-order valence-corrected chi connectivity index (χ2v) is 5.76. The predicted molar refractivity (Wildman–Crippen MR) is 90.7 cm³/mol. The van der Waals surface area contributed by atoms with Gasteiger partial charge in [-0.25, -0.2) is 0 Å². The summed E-state index contributed by atoms with van der Waals surface area (Å²) >= 11 is 11.9. The van der Waals surface area contributed by atoms with E-state index in [1.165, 1.54) is 0 Å². The van der Waals surface area contributed by atoms with Gasteiger partial charge in [0.05, 0.1) is 17.3 Å². The molecule has 1 fully saturated rings. The van der Waals surface area contributed by atoms with E-state index in [9.17, 15) is 9.59 Å². The van der Waals surface area contributed by atoms with Crippen molar-refractivity contribution in [1.82, 2.24) is 4.90 Å². The van der Waals surface area contributed by atoms with Crippen molar-refractivity contribution in [2.75, 3.05) is 18.4 Å². The summed E-state index contributed by atoms with van der Waals surface area (Å²) in [5.74, 6) is -0.460. The zero-order valence-electron chi connectivity index (χ0n) is 11.9. The van der Waals surface area contributed by atoms with E-state index >= 15 is 0 Å². The number of carbonyl (C=O) groups excluding carboxylic acids is 2. The molecule has 0 aliphatic carbocycles.